The van der Waals surface area contributed by atoms with Crippen LogP contribution < -0.4 is 5.73 Å². The van der Waals surface area contributed by atoms with Gasteiger partial charge < -0.3 is 5.73 Å². The molecule has 0 aromatic heterocycles. The summed E-state index contributed by atoms with van der Waals surface area (Å²) in [5, 5.41) is 1.25. The molecule has 0 spiro atoms. The maximum absolute atomic E-state index is 11.9. The molecule has 1 fully saturated rings. The number of sulfonamides is 1. The summed E-state index contributed by atoms with van der Waals surface area (Å²) in [6.07, 6.45) is 2.34. The van der Waals surface area contributed by atoms with Gasteiger partial charge in [0.05, 0.1) is 0 Å². The Kier molecular flexibility index (Phi) is 3.61. The molecule has 0 amide bonds. The van der Waals surface area contributed by atoms with Crippen LogP contribution in [0.1, 0.15) is 12.0 Å². The van der Waals surface area contributed by atoms with E-state index in [0.29, 0.717) is 13.1 Å². The number of benzene rings is 1. The molecular formula is C12H16N2O2S. The van der Waals surface area contributed by atoms with Crippen LogP contribution in [0.3, 0.4) is 0 Å². The lowest BCUT2D eigenvalue weighted by Crippen LogP contribution is -2.30. The van der Waals surface area contributed by atoms with Crippen molar-refractivity contribution >= 4 is 16.1 Å². The van der Waals surface area contributed by atoms with E-state index < -0.39 is 10.0 Å². The molecule has 92 valence electrons. The summed E-state index contributed by atoms with van der Waals surface area (Å²) in [4.78, 5) is 0. The molecule has 2 N–H and O–H groups in total. The van der Waals surface area contributed by atoms with Gasteiger partial charge in [0.1, 0.15) is 0 Å². The first kappa shape index (κ1) is 12.3. The molecule has 1 aromatic carbocycles. The van der Waals surface area contributed by atoms with Crippen LogP contribution in [0.15, 0.2) is 35.7 Å². The van der Waals surface area contributed by atoms with E-state index in [4.69, 9.17) is 5.73 Å². The number of rotatable bonds is 3. The third-order valence-corrected chi connectivity index (χ3v) is 4.31. The molecular weight excluding hydrogens is 236 g/mol. The Balaban J connectivity index is 2.10. The van der Waals surface area contributed by atoms with Gasteiger partial charge in [0, 0.05) is 24.5 Å². The average Bonchev–Trinajstić information content (AvgIpc) is 2.76. The van der Waals surface area contributed by atoms with Crippen molar-refractivity contribution in [1.29, 1.82) is 0 Å². The molecule has 1 aliphatic rings. The van der Waals surface area contributed by atoms with Gasteiger partial charge in [0.15, 0.2) is 0 Å². The van der Waals surface area contributed by atoms with E-state index in [2.05, 4.69) is 0 Å². The number of nitrogens with zero attached hydrogens (tertiary/aromatic N) is 1. The minimum absolute atomic E-state index is 0.0325. The Morgan fingerprint density at radius 2 is 2.00 bits per heavy atom. The monoisotopic (exact) mass is 252 g/mol. The number of nitrogens with two attached hydrogens (primary N) is 1. The molecule has 2 rings (SSSR count). The maximum Gasteiger partial charge on any atom is 0.236 e. The van der Waals surface area contributed by atoms with E-state index >= 15 is 0 Å². The highest BCUT2D eigenvalue weighted by Gasteiger charge is 2.27. The van der Waals surface area contributed by atoms with Crippen LogP contribution in [0.2, 0.25) is 0 Å². The molecule has 1 saturated heterocycles. The fourth-order valence-corrected chi connectivity index (χ4v) is 3.06. The molecule has 1 aliphatic heterocycles. The third kappa shape index (κ3) is 3.15. The van der Waals surface area contributed by atoms with Crippen LogP contribution >= 0.6 is 0 Å². The lowest BCUT2D eigenvalue weighted by molar-refractivity contribution is 0.481. The minimum atomic E-state index is -3.32. The van der Waals surface area contributed by atoms with Crippen molar-refractivity contribution in [2.24, 2.45) is 5.73 Å². The minimum Gasteiger partial charge on any atom is -0.326 e. The number of hydrogen-bond donors (Lipinski definition) is 1. The highest BCUT2D eigenvalue weighted by molar-refractivity contribution is 7.92. The summed E-state index contributed by atoms with van der Waals surface area (Å²) in [5.74, 6) is 0. The van der Waals surface area contributed by atoms with Crippen LogP contribution in [0.4, 0.5) is 0 Å². The van der Waals surface area contributed by atoms with Gasteiger partial charge in [-0.15, -0.1) is 0 Å². The summed E-state index contributed by atoms with van der Waals surface area (Å²) in [6, 6.07) is 9.33. The quantitative estimate of drug-likeness (QED) is 0.873. The van der Waals surface area contributed by atoms with Crippen molar-refractivity contribution in [1.82, 2.24) is 4.31 Å². The van der Waals surface area contributed by atoms with E-state index in [0.717, 1.165) is 12.0 Å². The first-order chi connectivity index (χ1) is 8.08. The first-order valence-corrected chi connectivity index (χ1v) is 7.07. The molecule has 1 atom stereocenters. The summed E-state index contributed by atoms with van der Waals surface area (Å²) >= 11 is 0. The standard InChI is InChI=1S/C12H16N2O2S/c13-12-6-8-14(10-12)17(15,16)9-7-11-4-2-1-3-5-11/h1-5,7,9,12H,6,8,10,13H2/b9-7+/t12-/m1/s1. The smallest absolute Gasteiger partial charge is 0.236 e. The second-order valence-corrected chi connectivity index (χ2v) is 5.98. The fourth-order valence-electron chi connectivity index (χ4n) is 1.80. The molecule has 4 nitrogen and oxygen atoms in total. The van der Waals surface area contributed by atoms with Crippen LogP contribution in [-0.2, 0) is 10.0 Å². The van der Waals surface area contributed by atoms with Gasteiger partial charge in [-0.25, -0.2) is 8.42 Å². The van der Waals surface area contributed by atoms with Crippen molar-refractivity contribution in [3.05, 3.63) is 41.3 Å². The van der Waals surface area contributed by atoms with Gasteiger partial charge in [0.2, 0.25) is 10.0 Å². The highest BCUT2D eigenvalue weighted by Crippen LogP contribution is 2.14. The molecule has 5 heteroatoms. The zero-order valence-corrected chi connectivity index (χ0v) is 10.3. The zero-order valence-electron chi connectivity index (χ0n) is 9.49. The Morgan fingerprint density at radius 3 is 2.59 bits per heavy atom. The summed E-state index contributed by atoms with van der Waals surface area (Å²) < 4.78 is 25.3. The second-order valence-electron chi connectivity index (χ2n) is 4.17. The summed E-state index contributed by atoms with van der Waals surface area (Å²) in [7, 11) is -3.32. The Morgan fingerprint density at radius 1 is 1.29 bits per heavy atom. The lowest BCUT2D eigenvalue weighted by atomic mass is 10.2. The average molecular weight is 252 g/mol. The SMILES string of the molecule is N[C@@H]1CCN(S(=O)(=O)/C=C/c2ccccc2)C1. The van der Waals surface area contributed by atoms with Gasteiger partial charge in [-0.05, 0) is 18.1 Å². The largest absolute Gasteiger partial charge is 0.326 e. The van der Waals surface area contributed by atoms with E-state index in [1.165, 1.54) is 9.71 Å². The van der Waals surface area contributed by atoms with Gasteiger partial charge >= 0.3 is 0 Å². The van der Waals surface area contributed by atoms with Crippen LogP contribution in [0, 0.1) is 0 Å². The van der Waals surface area contributed by atoms with Gasteiger partial charge in [-0.3, -0.25) is 0 Å². The van der Waals surface area contributed by atoms with E-state index in [9.17, 15) is 8.42 Å². The molecule has 0 unspecified atom stereocenters. The van der Waals surface area contributed by atoms with Crippen LogP contribution in [0.25, 0.3) is 6.08 Å². The normalized spacial score (nSPS) is 22.3. The summed E-state index contributed by atoms with van der Waals surface area (Å²) in [6.45, 7) is 0.935. The van der Waals surface area contributed by atoms with Crippen molar-refractivity contribution in [2.45, 2.75) is 12.5 Å². The highest BCUT2D eigenvalue weighted by atomic mass is 32.2. The van der Waals surface area contributed by atoms with Crippen molar-refractivity contribution in [2.75, 3.05) is 13.1 Å². The summed E-state index contributed by atoms with van der Waals surface area (Å²) in [5.41, 5.74) is 6.57. The third-order valence-electron chi connectivity index (χ3n) is 2.78. The first-order valence-electron chi connectivity index (χ1n) is 5.57. The van der Waals surface area contributed by atoms with Crippen molar-refractivity contribution < 1.29 is 8.42 Å². The topological polar surface area (TPSA) is 63.4 Å². The molecule has 17 heavy (non-hydrogen) atoms. The number of hydrogen-bond acceptors (Lipinski definition) is 3. The van der Waals surface area contributed by atoms with Gasteiger partial charge in [-0.2, -0.15) is 4.31 Å². The molecule has 0 bridgehead atoms. The molecule has 0 aliphatic carbocycles. The predicted octanol–water partition coefficient (Wildman–Crippen LogP) is 1.02. The fraction of sp³-hybridized carbons (Fsp3) is 0.333. The van der Waals surface area contributed by atoms with E-state index in [1.54, 1.807) is 6.08 Å². The molecule has 1 heterocycles. The Labute approximate surface area is 102 Å². The molecule has 0 radical (unpaired) electrons. The Bertz CT molecular complexity index is 496. The maximum atomic E-state index is 11.9. The van der Waals surface area contributed by atoms with Crippen molar-refractivity contribution in [3.63, 3.8) is 0 Å². The van der Waals surface area contributed by atoms with Crippen molar-refractivity contribution in [3.8, 4) is 0 Å². The van der Waals surface area contributed by atoms with Gasteiger partial charge in [-0.1, -0.05) is 30.3 Å². The second kappa shape index (κ2) is 5.00. The van der Waals surface area contributed by atoms with E-state index in [1.807, 2.05) is 30.3 Å². The van der Waals surface area contributed by atoms with Gasteiger partial charge in [0.25, 0.3) is 0 Å². The Hall–Kier alpha value is -1.17. The lowest BCUT2D eigenvalue weighted by Gasteiger charge is -2.12. The van der Waals surface area contributed by atoms with Crippen LogP contribution in [-0.4, -0.2) is 31.9 Å². The predicted molar refractivity (Wildman–Crippen MR) is 68.6 cm³/mol. The van der Waals surface area contributed by atoms with E-state index in [-0.39, 0.29) is 6.04 Å². The molecule has 0 saturated carbocycles. The molecule has 1 aromatic rings. The zero-order chi connectivity index (χ0) is 12.3. The van der Waals surface area contributed by atoms with Crippen LogP contribution in [0.5, 0.6) is 0 Å².